The highest BCUT2D eigenvalue weighted by atomic mass is 35.5. The predicted octanol–water partition coefficient (Wildman–Crippen LogP) is 2.42. The van der Waals surface area contributed by atoms with Gasteiger partial charge in [0, 0.05) is 25.0 Å². The number of halogens is 1. The quantitative estimate of drug-likeness (QED) is 0.838. The van der Waals surface area contributed by atoms with Gasteiger partial charge in [0.25, 0.3) is 0 Å². The second kappa shape index (κ2) is 9.41. The predicted molar refractivity (Wildman–Crippen MR) is 101 cm³/mol. The summed E-state index contributed by atoms with van der Waals surface area (Å²) in [6.45, 7) is 2.70. The molecule has 1 aromatic carbocycles. The minimum absolute atomic E-state index is 0. The van der Waals surface area contributed by atoms with Crippen molar-refractivity contribution in [1.29, 1.82) is 0 Å². The fourth-order valence-electron chi connectivity index (χ4n) is 3.84. The van der Waals surface area contributed by atoms with Crippen molar-refractivity contribution in [2.75, 3.05) is 33.4 Å². The third kappa shape index (κ3) is 4.87. The first-order valence-electron chi connectivity index (χ1n) is 8.98. The Morgan fingerprint density at radius 3 is 2.60 bits per heavy atom. The maximum Gasteiger partial charge on any atom is 0.250 e. The van der Waals surface area contributed by atoms with E-state index < -0.39 is 0 Å². The fourth-order valence-corrected chi connectivity index (χ4v) is 3.84. The number of morpholine rings is 1. The zero-order valence-electron chi connectivity index (χ0n) is 14.9. The van der Waals surface area contributed by atoms with Crippen LogP contribution < -0.4 is 15.4 Å². The fraction of sp³-hybridized carbons (Fsp3) is 0.632. The van der Waals surface area contributed by atoms with Crippen LogP contribution in [0.4, 0.5) is 0 Å². The lowest BCUT2D eigenvalue weighted by atomic mass is 9.69. The summed E-state index contributed by atoms with van der Waals surface area (Å²) in [5, 5.41) is 6.36. The molecule has 6 heteroatoms. The number of methoxy groups -OCH3 is 1. The molecule has 140 valence electrons. The van der Waals surface area contributed by atoms with Gasteiger partial charge in [0.15, 0.2) is 0 Å². The summed E-state index contributed by atoms with van der Waals surface area (Å²) >= 11 is 0. The third-order valence-corrected chi connectivity index (χ3v) is 5.33. The van der Waals surface area contributed by atoms with Crippen LogP contribution in [0.3, 0.4) is 0 Å². The van der Waals surface area contributed by atoms with Crippen LogP contribution in [0.1, 0.15) is 37.7 Å². The minimum atomic E-state index is -0.366. The molecule has 2 N–H and O–H groups in total. The van der Waals surface area contributed by atoms with Crippen LogP contribution in [-0.2, 0) is 14.9 Å². The molecule has 0 bridgehead atoms. The summed E-state index contributed by atoms with van der Waals surface area (Å²) in [6.07, 6.45) is 5.57. The molecular weight excluding hydrogens is 340 g/mol. The Kier molecular flexibility index (Phi) is 7.54. The van der Waals surface area contributed by atoms with Crippen LogP contribution in [0.5, 0.6) is 5.75 Å². The largest absolute Gasteiger partial charge is 0.497 e. The average molecular weight is 369 g/mol. The molecule has 1 saturated heterocycles. The van der Waals surface area contributed by atoms with Gasteiger partial charge < -0.3 is 20.1 Å². The molecule has 1 unspecified atom stereocenters. The lowest BCUT2D eigenvalue weighted by molar-refractivity contribution is -0.134. The molecule has 0 aromatic heterocycles. The highest BCUT2D eigenvalue weighted by Gasteiger charge is 2.35. The van der Waals surface area contributed by atoms with E-state index in [1.54, 1.807) is 7.11 Å². The summed E-state index contributed by atoms with van der Waals surface area (Å²) in [6, 6.07) is 8.33. The lowest BCUT2D eigenvalue weighted by Crippen LogP contribution is -2.51. The number of rotatable bonds is 5. The van der Waals surface area contributed by atoms with E-state index in [1.807, 2.05) is 12.1 Å². The molecule has 1 aromatic rings. The van der Waals surface area contributed by atoms with E-state index in [-0.39, 0.29) is 29.8 Å². The van der Waals surface area contributed by atoms with Crippen LogP contribution in [0.25, 0.3) is 0 Å². The summed E-state index contributed by atoms with van der Waals surface area (Å²) in [4.78, 5) is 12.4. The Bertz CT molecular complexity index is 538. The zero-order valence-corrected chi connectivity index (χ0v) is 15.7. The van der Waals surface area contributed by atoms with Crippen molar-refractivity contribution in [3.05, 3.63) is 29.8 Å². The van der Waals surface area contributed by atoms with Gasteiger partial charge in [-0.15, -0.1) is 12.4 Å². The molecular formula is C19H29ClN2O3. The topological polar surface area (TPSA) is 59.6 Å². The average Bonchev–Trinajstić information content (AvgIpc) is 2.67. The van der Waals surface area contributed by atoms with Crippen molar-refractivity contribution < 1.29 is 14.3 Å². The molecule has 1 aliphatic heterocycles. The van der Waals surface area contributed by atoms with E-state index in [2.05, 4.69) is 22.8 Å². The van der Waals surface area contributed by atoms with E-state index >= 15 is 0 Å². The maximum absolute atomic E-state index is 12.4. The summed E-state index contributed by atoms with van der Waals surface area (Å²) in [7, 11) is 1.68. The van der Waals surface area contributed by atoms with E-state index in [9.17, 15) is 4.79 Å². The van der Waals surface area contributed by atoms with Crippen molar-refractivity contribution >= 4 is 18.3 Å². The molecule has 1 heterocycles. The molecule has 25 heavy (non-hydrogen) atoms. The molecule has 2 aliphatic rings. The zero-order chi connectivity index (χ0) is 16.8. The van der Waals surface area contributed by atoms with Gasteiger partial charge in [0.2, 0.25) is 5.91 Å². The Morgan fingerprint density at radius 2 is 2.00 bits per heavy atom. The van der Waals surface area contributed by atoms with Crippen molar-refractivity contribution in [3.8, 4) is 5.75 Å². The molecule has 3 rings (SSSR count). The Labute approximate surface area is 156 Å². The highest BCUT2D eigenvalue weighted by Crippen LogP contribution is 2.39. The first kappa shape index (κ1) is 20.0. The standard InChI is InChI=1S/C19H28N2O3.ClH/c1-23-16-7-5-15(6-8-16)19(9-3-2-4-10-19)14-21-18(22)17-13-20-11-12-24-17;/h5-8,17,20H,2-4,9-14H2,1H3,(H,21,22);1H. The van der Waals surface area contributed by atoms with E-state index in [0.29, 0.717) is 19.7 Å². The maximum atomic E-state index is 12.4. The summed E-state index contributed by atoms with van der Waals surface area (Å²) < 4.78 is 10.8. The van der Waals surface area contributed by atoms with Crippen LogP contribution in [0.15, 0.2) is 24.3 Å². The number of ether oxygens (including phenoxy) is 2. The first-order valence-corrected chi connectivity index (χ1v) is 8.98. The summed E-state index contributed by atoms with van der Waals surface area (Å²) in [5.41, 5.74) is 1.33. The van der Waals surface area contributed by atoms with Crippen LogP contribution in [0, 0.1) is 0 Å². The van der Waals surface area contributed by atoms with Crippen molar-refractivity contribution in [2.24, 2.45) is 0 Å². The van der Waals surface area contributed by atoms with Crippen molar-refractivity contribution in [1.82, 2.24) is 10.6 Å². The molecule has 0 radical (unpaired) electrons. The molecule has 0 spiro atoms. The monoisotopic (exact) mass is 368 g/mol. The van der Waals surface area contributed by atoms with Gasteiger partial charge >= 0.3 is 0 Å². The van der Waals surface area contributed by atoms with E-state index in [4.69, 9.17) is 9.47 Å². The SMILES string of the molecule is COc1ccc(C2(CNC(=O)C3CNCCO3)CCCCC2)cc1.Cl. The highest BCUT2D eigenvalue weighted by molar-refractivity contribution is 5.85. The number of hydrogen-bond donors (Lipinski definition) is 2. The number of carbonyl (C=O) groups is 1. The second-order valence-electron chi connectivity index (χ2n) is 6.85. The van der Waals surface area contributed by atoms with Crippen molar-refractivity contribution in [3.63, 3.8) is 0 Å². The number of benzene rings is 1. The number of nitrogens with one attached hydrogen (secondary N) is 2. The normalized spacial score (nSPS) is 22.5. The number of carbonyl (C=O) groups excluding carboxylic acids is 1. The third-order valence-electron chi connectivity index (χ3n) is 5.33. The van der Waals surface area contributed by atoms with Crippen molar-refractivity contribution in [2.45, 2.75) is 43.6 Å². The number of amides is 1. The van der Waals surface area contributed by atoms with Gasteiger partial charge in [0.05, 0.1) is 13.7 Å². The second-order valence-corrected chi connectivity index (χ2v) is 6.85. The molecule has 1 atom stereocenters. The summed E-state index contributed by atoms with van der Waals surface area (Å²) in [5.74, 6) is 0.871. The van der Waals surface area contributed by atoms with Crippen LogP contribution in [-0.4, -0.2) is 45.4 Å². The molecule has 5 nitrogen and oxygen atoms in total. The van der Waals surface area contributed by atoms with Gasteiger partial charge in [-0.05, 0) is 30.5 Å². The minimum Gasteiger partial charge on any atom is -0.497 e. The number of hydrogen-bond acceptors (Lipinski definition) is 4. The van der Waals surface area contributed by atoms with Gasteiger partial charge in [-0.2, -0.15) is 0 Å². The van der Waals surface area contributed by atoms with Gasteiger partial charge in [-0.1, -0.05) is 31.4 Å². The molecule has 1 aliphatic carbocycles. The Morgan fingerprint density at radius 1 is 1.28 bits per heavy atom. The van der Waals surface area contributed by atoms with Gasteiger partial charge in [-0.3, -0.25) is 4.79 Å². The Balaban J connectivity index is 0.00000225. The Hall–Kier alpha value is -1.30. The smallest absolute Gasteiger partial charge is 0.250 e. The van der Waals surface area contributed by atoms with E-state index in [0.717, 1.165) is 25.1 Å². The lowest BCUT2D eigenvalue weighted by Gasteiger charge is -2.38. The van der Waals surface area contributed by atoms with Crippen LogP contribution in [0.2, 0.25) is 0 Å². The first-order chi connectivity index (χ1) is 11.7. The molecule has 2 fully saturated rings. The van der Waals surface area contributed by atoms with Crippen LogP contribution >= 0.6 is 12.4 Å². The van der Waals surface area contributed by atoms with E-state index in [1.165, 1.54) is 24.8 Å². The van der Waals surface area contributed by atoms with Gasteiger partial charge in [-0.25, -0.2) is 0 Å². The van der Waals surface area contributed by atoms with Gasteiger partial charge in [0.1, 0.15) is 11.9 Å². The molecule has 1 saturated carbocycles. The molecule has 1 amide bonds.